The largest absolute Gasteiger partial charge is 0.396 e. The molecule has 6 heteroatoms. The second-order valence-electron chi connectivity index (χ2n) is 6.12. The van der Waals surface area contributed by atoms with E-state index in [4.69, 9.17) is 9.84 Å². The Morgan fingerprint density at radius 2 is 1.95 bits per heavy atom. The second kappa shape index (κ2) is 7.85. The van der Waals surface area contributed by atoms with Gasteiger partial charge < -0.3 is 14.7 Å². The minimum Gasteiger partial charge on any atom is -0.396 e. The van der Waals surface area contributed by atoms with Crippen LogP contribution >= 0.6 is 0 Å². The van der Waals surface area contributed by atoms with Gasteiger partial charge in [-0.05, 0) is 32.2 Å². The Morgan fingerprint density at radius 3 is 2.68 bits per heavy atom. The molecule has 0 saturated carbocycles. The molecule has 1 atom stereocenters. The minimum atomic E-state index is 0.293. The van der Waals surface area contributed by atoms with E-state index < -0.39 is 0 Å². The zero-order valence-corrected chi connectivity index (χ0v) is 13.2. The van der Waals surface area contributed by atoms with Gasteiger partial charge in [-0.1, -0.05) is 0 Å². The molecule has 0 amide bonds. The average Bonchev–Trinajstić information content (AvgIpc) is 3.01. The van der Waals surface area contributed by atoms with Crippen molar-refractivity contribution in [2.75, 3.05) is 44.4 Å². The van der Waals surface area contributed by atoms with Crippen LogP contribution in [0.2, 0.25) is 0 Å². The van der Waals surface area contributed by atoms with Crippen LogP contribution in [0.5, 0.6) is 0 Å². The van der Waals surface area contributed by atoms with E-state index in [2.05, 4.69) is 19.8 Å². The number of aliphatic hydroxyl groups is 1. The Kier molecular flexibility index (Phi) is 5.58. The smallest absolute Gasteiger partial charge is 0.225 e. The lowest BCUT2D eigenvalue weighted by Crippen LogP contribution is -2.37. The molecule has 1 aromatic heterocycles. The van der Waals surface area contributed by atoms with Crippen LogP contribution in [0.25, 0.3) is 0 Å². The molecular formula is C16H26N4O2. The molecule has 0 aliphatic carbocycles. The summed E-state index contributed by atoms with van der Waals surface area (Å²) in [6, 6.07) is 0.603. The van der Waals surface area contributed by atoms with E-state index in [0.29, 0.717) is 12.6 Å². The predicted molar refractivity (Wildman–Crippen MR) is 84.8 cm³/mol. The maximum Gasteiger partial charge on any atom is 0.225 e. The number of likely N-dealkylation sites (tertiary alicyclic amines) is 1. The molecular weight excluding hydrogens is 280 g/mol. The van der Waals surface area contributed by atoms with Gasteiger partial charge >= 0.3 is 0 Å². The van der Waals surface area contributed by atoms with Crippen LogP contribution in [0.1, 0.15) is 31.2 Å². The Hall–Kier alpha value is -1.24. The van der Waals surface area contributed by atoms with Gasteiger partial charge in [0, 0.05) is 50.2 Å². The van der Waals surface area contributed by atoms with Crippen LogP contribution in [0, 0.1) is 0 Å². The maximum absolute atomic E-state index is 9.00. The van der Waals surface area contributed by atoms with E-state index in [1.165, 1.54) is 18.4 Å². The molecule has 2 aliphatic rings. The lowest BCUT2D eigenvalue weighted by Gasteiger charge is -2.27. The molecule has 6 nitrogen and oxygen atoms in total. The summed E-state index contributed by atoms with van der Waals surface area (Å²) in [5, 5.41) is 9.00. The second-order valence-corrected chi connectivity index (χ2v) is 6.12. The fourth-order valence-electron chi connectivity index (χ4n) is 3.35. The molecule has 0 aromatic carbocycles. The molecule has 0 radical (unpaired) electrons. The van der Waals surface area contributed by atoms with Gasteiger partial charge in [-0.2, -0.15) is 0 Å². The summed E-state index contributed by atoms with van der Waals surface area (Å²) < 4.78 is 5.36. The number of nitrogens with zero attached hydrogens (tertiary/aromatic N) is 4. The first-order valence-electron chi connectivity index (χ1n) is 8.35. The van der Waals surface area contributed by atoms with Crippen LogP contribution < -0.4 is 4.90 Å². The summed E-state index contributed by atoms with van der Waals surface area (Å²) in [6.07, 6.45) is 8.39. The highest BCUT2D eigenvalue weighted by Gasteiger charge is 2.24. The number of rotatable bonds is 6. The molecule has 2 fully saturated rings. The summed E-state index contributed by atoms with van der Waals surface area (Å²) in [6.45, 7) is 5.60. The van der Waals surface area contributed by atoms with E-state index in [1.807, 2.05) is 12.4 Å². The van der Waals surface area contributed by atoms with E-state index in [0.717, 1.165) is 58.2 Å². The van der Waals surface area contributed by atoms with Crippen LogP contribution in [-0.2, 0) is 11.3 Å². The van der Waals surface area contributed by atoms with Crippen molar-refractivity contribution >= 4 is 5.95 Å². The minimum absolute atomic E-state index is 0.293. The first kappa shape index (κ1) is 15.6. The van der Waals surface area contributed by atoms with Crippen LogP contribution in [0.15, 0.2) is 12.4 Å². The summed E-state index contributed by atoms with van der Waals surface area (Å²) >= 11 is 0. The molecule has 1 N–H and O–H groups in total. The van der Waals surface area contributed by atoms with Gasteiger partial charge in [0.1, 0.15) is 0 Å². The van der Waals surface area contributed by atoms with Gasteiger partial charge in [-0.15, -0.1) is 0 Å². The van der Waals surface area contributed by atoms with Gasteiger partial charge in [0.15, 0.2) is 0 Å². The standard InChI is InChI=1S/C16H26N4O2/c21-8-2-4-15-3-1-5-20(15)13-14-11-17-16(18-12-14)19-6-9-22-10-7-19/h11-12,15,21H,1-10,13H2. The van der Waals surface area contributed by atoms with Gasteiger partial charge in [0.05, 0.1) is 13.2 Å². The lowest BCUT2D eigenvalue weighted by atomic mass is 10.1. The monoisotopic (exact) mass is 306 g/mol. The number of aliphatic hydroxyl groups excluding tert-OH is 1. The number of hydrogen-bond donors (Lipinski definition) is 1. The summed E-state index contributed by atoms with van der Waals surface area (Å²) in [4.78, 5) is 13.7. The third-order valence-corrected chi connectivity index (χ3v) is 4.57. The Labute approximate surface area is 132 Å². The van der Waals surface area contributed by atoms with E-state index >= 15 is 0 Å². The van der Waals surface area contributed by atoms with Crippen LogP contribution in [0.4, 0.5) is 5.95 Å². The Morgan fingerprint density at radius 1 is 1.18 bits per heavy atom. The highest BCUT2D eigenvalue weighted by molar-refractivity contribution is 5.30. The molecule has 3 heterocycles. The normalized spacial score (nSPS) is 23.1. The van der Waals surface area contributed by atoms with Crippen molar-refractivity contribution in [2.24, 2.45) is 0 Å². The van der Waals surface area contributed by atoms with Crippen molar-refractivity contribution < 1.29 is 9.84 Å². The number of hydrogen-bond acceptors (Lipinski definition) is 6. The topological polar surface area (TPSA) is 61.7 Å². The van der Waals surface area contributed by atoms with E-state index in [9.17, 15) is 0 Å². The van der Waals surface area contributed by atoms with Crippen molar-refractivity contribution in [1.29, 1.82) is 0 Å². The highest BCUT2D eigenvalue weighted by atomic mass is 16.5. The van der Waals surface area contributed by atoms with E-state index in [1.54, 1.807) is 0 Å². The molecule has 3 rings (SSSR count). The molecule has 1 aromatic rings. The molecule has 2 aliphatic heterocycles. The van der Waals surface area contributed by atoms with Crippen molar-refractivity contribution in [3.63, 3.8) is 0 Å². The Bertz CT molecular complexity index is 448. The van der Waals surface area contributed by atoms with Crippen molar-refractivity contribution in [3.05, 3.63) is 18.0 Å². The van der Waals surface area contributed by atoms with Crippen molar-refractivity contribution in [2.45, 2.75) is 38.3 Å². The third-order valence-electron chi connectivity index (χ3n) is 4.57. The Balaban J connectivity index is 1.56. The van der Waals surface area contributed by atoms with Crippen molar-refractivity contribution in [3.8, 4) is 0 Å². The summed E-state index contributed by atoms with van der Waals surface area (Å²) in [7, 11) is 0. The summed E-state index contributed by atoms with van der Waals surface area (Å²) in [5.74, 6) is 0.810. The molecule has 122 valence electrons. The quantitative estimate of drug-likeness (QED) is 0.848. The van der Waals surface area contributed by atoms with Crippen molar-refractivity contribution in [1.82, 2.24) is 14.9 Å². The fraction of sp³-hybridized carbons (Fsp3) is 0.750. The van der Waals surface area contributed by atoms with Gasteiger partial charge in [0.25, 0.3) is 0 Å². The molecule has 0 spiro atoms. The number of ether oxygens (including phenoxy) is 1. The van der Waals surface area contributed by atoms with Crippen LogP contribution in [-0.4, -0.2) is 65.5 Å². The number of aromatic nitrogens is 2. The van der Waals surface area contributed by atoms with Crippen LogP contribution in [0.3, 0.4) is 0 Å². The number of morpholine rings is 1. The first-order valence-corrected chi connectivity index (χ1v) is 8.35. The lowest BCUT2D eigenvalue weighted by molar-refractivity contribution is 0.122. The molecule has 22 heavy (non-hydrogen) atoms. The van der Waals surface area contributed by atoms with Gasteiger partial charge in [-0.25, -0.2) is 9.97 Å². The van der Waals surface area contributed by atoms with Gasteiger partial charge in [0.2, 0.25) is 5.95 Å². The zero-order chi connectivity index (χ0) is 15.2. The molecule has 2 saturated heterocycles. The van der Waals surface area contributed by atoms with E-state index in [-0.39, 0.29) is 0 Å². The zero-order valence-electron chi connectivity index (χ0n) is 13.2. The highest BCUT2D eigenvalue weighted by Crippen LogP contribution is 2.23. The fourth-order valence-corrected chi connectivity index (χ4v) is 3.35. The maximum atomic E-state index is 9.00. The first-order chi connectivity index (χ1) is 10.9. The third kappa shape index (κ3) is 3.94. The average molecular weight is 306 g/mol. The number of anilines is 1. The SMILES string of the molecule is OCCCC1CCCN1Cc1cnc(N2CCOCC2)nc1. The molecule has 1 unspecified atom stereocenters. The van der Waals surface area contributed by atoms with Gasteiger partial charge in [-0.3, -0.25) is 4.90 Å². The predicted octanol–water partition coefficient (Wildman–Crippen LogP) is 1.05. The molecule has 0 bridgehead atoms. The summed E-state index contributed by atoms with van der Waals surface area (Å²) in [5.41, 5.74) is 1.17.